The number of carbonyl (C=O) groups excluding carboxylic acids is 4. The van der Waals surface area contributed by atoms with Gasteiger partial charge in [0.1, 0.15) is 46.5 Å². The summed E-state index contributed by atoms with van der Waals surface area (Å²) in [5, 5.41) is 5.87. The van der Waals surface area contributed by atoms with Crippen LogP contribution >= 0.6 is 0 Å². The lowest BCUT2D eigenvalue weighted by atomic mass is 9.85. The van der Waals surface area contributed by atoms with E-state index in [4.69, 9.17) is 19.2 Å². The van der Waals surface area contributed by atoms with E-state index >= 15 is 0 Å². The Kier molecular flexibility index (Phi) is 10.2. The highest BCUT2D eigenvalue weighted by molar-refractivity contribution is 7.91. The molecule has 5 atom stereocenters. The quantitative estimate of drug-likeness (QED) is 0.313. The molecule has 15 heteroatoms. The van der Waals surface area contributed by atoms with Gasteiger partial charge in [0.25, 0.3) is 5.91 Å². The van der Waals surface area contributed by atoms with Crippen LogP contribution in [0.2, 0.25) is 0 Å². The van der Waals surface area contributed by atoms with Gasteiger partial charge in [-0.05, 0) is 68.7 Å². The summed E-state index contributed by atoms with van der Waals surface area (Å²) >= 11 is 0. The fourth-order valence-electron chi connectivity index (χ4n) is 7.65. The molecule has 4 amide bonds. The number of alkyl carbamates (subject to hydrolysis) is 1. The van der Waals surface area contributed by atoms with E-state index in [0.717, 1.165) is 16.5 Å². The van der Waals surface area contributed by atoms with Crippen LogP contribution in [0.5, 0.6) is 11.5 Å². The molecular weight excluding hydrogens is 739 g/mol. The Morgan fingerprint density at radius 2 is 1.80 bits per heavy atom. The minimum absolute atomic E-state index is 0.0341. The van der Waals surface area contributed by atoms with Crippen molar-refractivity contribution in [2.45, 2.75) is 115 Å². The number of pyridine rings is 1. The summed E-state index contributed by atoms with van der Waals surface area (Å²) in [7, 11) is -3.88. The molecule has 56 heavy (non-hydrogen) atoms. The van der Waals surface area contributed by atoms with Crippen LogP contribution < -0.4 is 24.8 Å². The first-order valence-corrected chi connectivity index (χ1v) is 20.9. The maximum atomic E-state index is 14.7. The number of nitrogens with zero attached hydrogens (tertiary/aromatic N) is 2. The summed E-state index contributed by atoms with van der Waals surface area (Å²) in [4.78, 5) is 62.7. The van der Waals surface area contributed by atoms with E-state index in [2.05, 4.69) is 15.4 Å². The molecule has 14 nitrogen and oxygen atoms in total. The number of benzene rings is 2. The van der Waals surface area contributed by atoms with E-state index in [9.17, 15) is 27.6 Å². The molecule has 0 spiro atoms. The molecule has 300 valence electrons. The Labute approximate surface area is 327 Å². The minimum Gasteiger partial charge on any atom is -0.493 e. The number of para-hydroxylation sites is 1. The number of hydrogen-bond donors (Lipinski definition) is 3. The van der Waals surface area contributed by atoms with Gasteiger partial charge in [-0.25, -0.2) is 18.2 Å². The molecule has 2 saturated carbocycles. The summed E-state index contributed by atoms with van der Waals surface area (Å²) in [5.74, 6) is -1.21. The number of ether oxygens (including phenoxy) is 3. The summed E-state index contributed by atoms with van der Waals surface area (Å²) in [6.07, 6.45) is 0.580. The van der Waals surface area contributed by atoms with E-state index in [1.54, 1.807) is 34.6 Å². The van der Waals surface area contributed by atoms with Crippen molar-refractivity contribution in [2.24, 2.45) is 11.3 Å². The monoisotopic (exact) mass is 789 g/mol. The van der Waals surface area contributed by atoms with E-state index in [1.165, 1.54) is 4.90 Å². The molecule has 2 aliphatic carbocycles. The highest BCUT2D eigenvalue weighted by atomic mass is 32.2. The number of nitrogens with one attached hydrogen (secondary N) is 3. The normalized spacial score (nSPS) is 26.6. The third-order valence-electron chi connectivity index (χ3n) is 11.2. The van der Waals surface area contributed by atoms with Gasteiger partial charge in [0.15, 0.2) is 0 Å². The van der Waals surface area contributed by atoms with E-state index in [1.807, 2.05) is 61.5 Å². The molecule has 1 aromatic heterocycles. The first kappa shape index (κ1) is 39.3. The van der Waals surface area contributed by atoms with Crippen LogP contribution in [0.15, 0.2) is 54.6 Å². The molecule has 3 aromatic rings. The van der Waals surface area contributed by atoms with Crippen molar-refractivity contribution in [1.82, 2.24) is 25.2 Å². The average molecular weight is 790 g/mol. The molecule has 4 bridgehead atoms. The van der Waals surface area contributed by atoms with E-state index in [0.29, 0.717) is 42.9 Å². The lowest BCUT2D eigenvalue weighted by Gasteiger charge is -2.36. The number of hydrogen-bond acceptors (Lipinski definition) is 10. The van der Waals surface area contributed by atoms with Gasteiger partial charge in [0.2, 0.25) is 21.8 Å². The number of rotatable bonds is 6. The molecular formula is C41H51N5O9S. The molecule has 7 rings (SSSR count). The highest BCUT2D eigenvalue weighted by Gasteiger charge is 2.62. The third kappa shape index (κ3) is 8.14. The molecule has 4 aliphatic rings. The van der Waals surface area contributed by atoms with Crippen LogP contribution in [0.3, 0.4) is 0 Å². The third-order valence-corrected chi connectivity index (χ3v) is 13.0. The number of carbonyl (C=O) groups is 4. The fourth-order valence-corrected chi connectivity index (χ4v) is 9.02. The molecule has 3 N–H and O–H groups in total. The fraction of sp³-hybridized carbons (Fsp3) is 0.537. The first-order chi connectivity index (χ1) is 26.4. The molecule has 2 unspecified atom stereocenters. The maximum absolute atomic E-state index is 14.7. The molecule has 2 aromatic carbocycles. The SMILES string of the molecule is CC[C@@H]1CC1(NC(=O)[C@@H]1CC2CN1C(=O)[C@H](C(C)(C)C)NC(=O)OC(C)(C)CCOc1cccc(c1)-c1nc3ccccc3cc1O2)C(=O)NS(=O)(=O)C1CC1. The zero-order valence-corrected chi connectivity index (χ0v) is 33.5. The van der Waals surface area contributed by atoms with Gasteiger partial charge in [0, 0.05) is 23.8 Å². The molecule has 1 saturated heterocycles. The second kappa shape index (κ2) is 14.5. The van der Waals surface area contributed by atoms with Gasteiger partial charge in [-0.2, -0.15) is 0 Å². The van der Waals surface area contributed by atoms with Crippen LogP contribution in [0.25, 0.3) is 22.2 Å². The topological polar surface area (TPSA) is 182 Å². The van der Waals surface area contributed by atoms with E-state index in [-0.39, 0.29) is 31.9 Å². The lowest BCUT2D eigenvalue weighted by Crippen LogP contribution is -2.60. The summed E-state index contributed by atoms with van der Waals surface area (Å²) in [6, 6.07) is 14.7. The second-order valence-electron chi connectivity index (χ2n) is 17.2. The van der Waals surface area contributed by atoms with Crippen molar-refractivity contribution < 1.29 is 41.8 Å². The predicted molar refractivity (Wildman–Crippen MR) is 208 cm³/mol. The summed E-state index contributed by atoms with van der Waals surface area (Å²) in [5.41, 5.74) is -1.24. The largest absolute Gasteiger partial charge is 0.493 e. The Hall–Kier alpha value is -4.92. The van der Waals surface area contributed by atoms with Gasteiger partial charge in [-0.15, -0.1) is 0 Å². The molecule has 3 fully saturated rings. The number of aromatic nitrogens is 1. The lowest BCUT2D eigenvalue weighted by molar-refractivity contribution is -0.143. The van der Waals surface area contributed by atoms with Crippen molar-refractivity contribution in [3.8, 4) is 22.8 Å². The zero-order valence-electron chi connectivity index (χ0n) is 32.7. The second-order valence-corrected chi connectivity index (χ2v) is 19.1. The Morgan fingerprint density at radius 3 is 2.50 bits per heavy atom. The first-order valence-electron chi connectivity index (χ1n) is 19.4. The van der Waals surface area contributed by atoms with Crippen LogP contribution in [-0.2, 0) is 29.1 Å². The van der Waals surface area contributed by atoms with Crippen molar-refractivity contribution in [3.05, 3.63) is 54.6 Å². The smallest absolute Gasteiger partial charge is 0.408 e. The van der Waals surface area contributed by atoms with Gasteiger partial charge < -0.3 is 29.7 Å². The van der Waals surface area contributed by atoms with Gasteiger partial charge >= 0.3 is 6.09 Å². The average Bonchev–Trinajstić information content (AvgIpc) is 4.06. The molecule has 3 heterocycles. The van der Waals surface area contributed by atoms with Crippen LogP contribution in [-0.4, -0.2) is 89.8 Å². The van der Waals surface area contributed by atoms with Crippen molar-refractivity contribution >= 4 is 44.7 Å². The number of sulfonamides is 1. The highest BCUT2D eigenvalue weighted by Crippen LogP contribution is 2.47. The molecule has 0 radical (unpaired) electrons. The van der Waals surface area contributed by atoms with Crippen LogP contribution in [0.1, 0.15) is 80.1 Å². The Bertz CT molecular complexity index is 2170. The standard InChI is InChI=1S/C41H51N5O9S/c1-7-26-22-41(26,37(49)45-56(51,52)29-15-16-29)44-35(47)31-21-28-23-46(31)36(48)34(39(2,3)4)43-38(50)55-40(5,6)17-18-53-27-13-10-12-25(19-27)33-32(54-28)20-24-11-8-9-14-30(24)42-33/h8-14,19-20,26,28-29,31,34H,7,15-18,21-23H2,1-6H3,(H,43,50)(H,44,47)(H,45,49)/t26-,28?,31+,34-,41?/m1/s1. The van der Waals surface area contributed by atoms with Crippen LogP contribution in [0.4, 0.5) is 4.79 Å². The maximum Gasteiger partial charge on any atom is 0.408 e. The van der Waals surface area contributed by atoms with Gasteiger partial charge in [-0.1, -0.05) is 64.4 Å². The van der Waals surface area contributed by atoms with Crippen molar-refractivity contribution in [2.75, 3.05) is 13.2 Å². The Balaban J connectivity index is 1.27. The van der Waals surface area contributed by atoms with Crippen molar-refractivity contribution in [3.63, 3.8) is 0 Å². The zero-order chi connectivity index (χ0) is 40.2. The predicted octanol–water partition coefficient (Wildman–Crippen LogP) is 4.85. The summed E-state index contributed by atoms with van der Waals surface area (Å²) in [6.45, 7) is 11.0. The minimum atomic E-state index is -3.88. The van der Waals surface area contributed by atoms with Crippen molar-refractivity contribution in [1.29, 1.82) is 0 Å². The van der Waals surface area contributed by atoms with Crippen LogP contribution in [0, 0.1) is 11.3 Å². The number of amides is 4. The van der Waals surface area contributed by atoms with Gasteiger partial charge in [0.05, 0.1) is 23.9 Å². The number of fused-ring (bicyclic) bond motifs is 7. The number of cyclic esters (lactones) is 1. The molecule has 2 aliphatic heterocycles. The van der Waals surface area contributed by atoms with E-state index < -0.39 is 73.8 Å². The van der Waals surface area contributed by atoms with Gasteiger partial charge in [-0.3, -0.25) is 19.1 Å². The summed E-state index contributed by atoms with van der Waals surface area (Å²) < 4.78 is 46.5. The Morgan fingerprint density at radius 1 is 1.05 bits per heavy atom.